The van der Waals surface area contributed by atoms with Crippen molar-refractivity contribution in [1.29, 1.82) is 0 Å². The van der Waals surface area contributed by atoms with E-state index in [1.807, 2.05) is 62.6 Å². The second-order valence-electron chi connectivity index (χ2n) is 7.00. The zero-order valence-electron chi connectivity index (χ0n) is 14.9. The molecular formula is C20H26N2O2. The quantitative estimate of drug-likeness (QED) is 0.841. The number of nitrogens with zero attached hydrogens (tertiary/aromatic N) is 1. The van der Waals surface area contributed by atoms with E-state index in [0.717, 1.165) is 6.54 Å². The lowest BCUT2D eigenvalue weighted by Crippen LogP contribution is -2.40. The van der Waals surface area contributed by atoms with Gasteiger partial charge in [-0.2, -0.15) is 0 Å². The molecule has 128 valence electrons. The molecular weight excluding hydrogens is 300 g/mol. The fraction of sp³-hybridized carbons (Fsp3) is 0.350. The standard InChI is InChI=1S/C20H26N2O2/c1-20(2,15-22(3)4)14-21-19(23)17-12-8-9-13-18(17)24-16-10-6-5-7-11-16/h5-13H,14-15H2,1-4H3,(H,21,23). The Hall–Kier alpha value is -2.33. The number of rotatable bonds is 7. The molecule has 1 amide bonds. The van der Waals surface area contributed by atoms with Crippen LogP contribution in [0.3, 0.4) is 0 Å². The van der Waals surface area contributed by atoms with E-state index in [2.05, 4.69) is 24.1 Å². The van der Waals surface area contributed by atoms with Crippen LogP contribution in [0.1, 0.15) is 24.2 Å². The molecule has 0 saturated heterocycles. The first-order chi connectivity index (χ1) is 11.4. The summed E-state index contributed by atoms with van der Waals surface area (Å²) in [5.74, 6) is 1.16. The van der Waals surface area contributed by atoms with Gasteiger partial charge in [0.1, 0.15) is 11.5 Å². The van der Waals surface area contributed by atoms with E-state index in [1.54, 1.807) is 6.07 Å². The first kappa shape index (κ1) is 18.0. The van der Waals surface area contributed by atoms with E-state index >= 15 is 0 Å². The lowest BCUT2D eigenvalue weighted by Gasteiger charge is -2.28. The first-order valence-corrected chi connectivity index (χ1v) is 8.12. The molecule has 0 radical (unpaired) electrons. The van der Waals surface area contributed by atoms with Gasteiger partial charge >= 0.3 is 0 Å². The number of benzene rings is 2. The van der Waals surface area contributed by atoms with Crippen LogP contribution in [-0.2, 0) is 0 Å². The van der Waals surface area contributed by atoms with Crippen molar-refractivity contribution in [1.82, 2.24) is 10.2 Å². The third-order valence-corrected chi connectivity index (χ3v) is 3.57. The molecule has 2 aromatic rings. The Labute approximate surface area is 144 Å². The molecule has 0 aliphatic rings. The SMILES string of the molecule is CN(C)CC(C)(C)CNC(=O)c1ccccc1Oc1ccccc1. The van der Waals surface area contributed by atoms with Crippen molar-refractivity contribution < 1.29 is 9.53 Å². The lowest BCUT2D eigenvalue weighted by atomic mass is 9.93. The second-order valence-corrected chi connectivity index (χ2v) is 7.00. The lowest BCUT2D eigenvalue weighted by molar-refractivity contribution is 0.0927. The number of carbonyl (C=O) groups is 1. The fourth-order valence-corrected chi connectivity index (χ4v) is 2.69. The smallest absolute Gasteiger partial charge is 0.255 e. The second kappa shape index (κ2) is 7.97. The number of carbonyl (C=O) groups excluding carboxylic acids is 1. The van der Waals surface area contributed by atoms with Crippen LogP contribution in [0.15, 0.2) is 54.6 Å². The van der Waals surface area contributed by atoms with Gasteiger partial charge in [-0.25, -0.2) is 0 Å². The summed E-state index contributed by atoms with van der Waals surface area (Å²) in [7, 11) is 4.07. The normalized spacial score (nSPS) is 11.4. The molecule has 0 saturated carbocycles. The van der Waals surface area contributed by atoms with E-state index in [0.29, 0.717) is 23.6 Å². The summed E-state index contributed by atoms with van der Waals surface area (Å²) in [6, 6.07) is 16.8. The van der Waals surface area contributed by atoms with Crippen molar-refractivity contribution in [2.45, 2.75) is 13.8 Å². The number of nitrogens with one attached hydrogen (secondary N) is 1. The predicted molar refractivity (Wildman–Crippen MR) is 97.6 cm³/mol. The molecule has 24 heavy (non-hydrogen) atoms. The number of hydrogen-bond acceptors (Lipinski definition) is 3. The van der Waals surface area contributed by atoms with Crippen LogP contribution in [0.4, 0.5) is 0 Å². The molecule has 4 heteroatoms. The third kappa shape index (κ3) is 5.39. The molecule has 0 atom stereocenters. The Kier molecular flexibility index (Phi) is 5.99. The van der Waals surface area contributed by atoms with Crippen LogP contribution in [0.2, 0.25) is 0 Å². The summed E-state index contributed by atoms with van der Waals surface area (Å²) in [6.45, 7) is 5.78. The van der Waals surface area contributed by atoms with Crippen molar-refractivity contribution in [3.63, 3.8) is 0 Å². The summed E-state index contributed by atoms with van der Waals surface area (Å²) in [5.41, 5.74) is 0.538. The van der Waals surface area contributed by atoms with Gasteiger partial charge in [0.25, 0.3) is 5.91 Å². The van der Waals surface area contributed by atoms with Crippen molar-refractivity contribution in [3.8, 4) is 11.5 Å². The molecule has 0 aromatic heterocycles. The van der Waals surface area contributed by atoms with E-state index < -0.39 is 0 Å². The predicted octanol–water partition coefficient (Wildman–Crippen LogP) is 3.80. The van der Waals surface area contributed by atoms with E-state index in [-0.39, 0.29) is 11.3 Å². The number of ether oxygens (including phenoxy) is 1. The molecule has 0 unspecified atom stereocenters. The minimum atomic E-state index is -0.117. The highest BCUT2D eigenvalue weighted by atomic mass is 16.5. The van der Waals surface area contributed by atoms with E-state index in [9.17, 15) is 4.79 Å². The zero-order valence-corrected chi connectivity index (χ0v) is 14.9. The van der Waals surface area contributed by atoms with Gasteiger partial charge in [0.05, 0.1) is 5.56 Å². The maximum atomic E-state index is 12.6. The number of para-hydroxylation sites is 2. The molecule has 2 rings (SSSR count). The number of hydrogen-bond donors (Lipinski definition) is 1. The average molecular weight is 326 g/mol. The van der Waals surface area contributed by atoms with Gasteiger partial charge in [-0.15, -0.1) is 0 Å². The van der Waals surface area contributed by atoms with Crippen LogP contribution in [0, 0.1) is 5.41 Å². The van der Waals surface area contributed by atoms with Gasteiger partial charge in [0.15, 0.2) is 0 Å². The zero-order chi connectivity index (χ0) is 17.6. The Morgan fingerprint density at radius 2 is 1.67 bits per heavy atom. The molecule has 0 bridgehead atoms. The van der Waals surface area contributed by atoms with Crippen LogP contribution in [0.5, 0.6) is 11.5 Å². The molecule has 0 fully saturated rings. The summed E-state index contributed by atoms with van der Waals surface area (Å²) >= 11 is 0. The maximum absolute atomic E-state index is 12.6. The topological polar surface area (TPSA) is 41.6 Å². The van der Waals surface area contributed by atoms with Gasteiger partial charge in [0, 0.05) is 13.1 Å². The van der Waals surface area contributed by atoms with Crippen molar-refractivity contribution >= 4 is 5.91 Å². The Morgan fingerprint density at radius 1 is 1.04 bits per heavy atom. The minimum absolute atomic E-state index is 0.00556. The summed E-state index contributed by atoms with van der Waals surface area (Å²) < 4.78 is 5.86. The van der Waals surface area contributed by atoms with Gasteiger partial charge < -0.3 is 15.0 Å². The fourth-order valence-electron chi connectivity index (χ4n) is 2.69. The van der Waals surface area contributed by atoms with E-state index in [1.165, 1.54) is 0 Å². The van der Waals surface area contributed by atoms with Gasteiger partial charge in [0.2, 0.25) is 0 Å². The van der Waals surface area contributed by atoms with Gasteiger partial charge in [-0.3, -0.25) is 4.79 Å². The van der Waals surface area contributed by atoms with Gasteiger partial charge in [-0.05, 0) is 43.8 Å². The average Bonchev–Trinajstić information content (AvgIpc) is 2.53. The third-order valence-electron chi connectivity index (χ3n) is 3.57. The molecule has 1 N–H and O–H groups in total. The summed E-state index contributed by atoms with van der Waals surface area (Å²) in [6.07, 6.45) is 0. The molecule has 0 aliphatic carbocycles. The Balaban J connectivity index is 2.07. The van der Waals surface area contributed by atoms with Crippen LogP contribution in [-0.4, -0.2) is 38.0 Å². The summed E-state index contributed by atoms with van der Waals surface area (Å²) in [5, 5.41) is 3.03. The molecule has 0 spiro atoms. The highest BCUT2D eigenvalue weighted by molar-refractivity contribution is 5.97. The monoisotopic (exact) mass is 326 g/mol. The van der Waals surface area contributed by atoms with E-state index in [4.69, 9.17) is 4.74 Å². The largest absolute Gasteiger partial charge is 0.457 e. The minimum Gasteiger partial charge on any atom is -0.457 e. The number of amides is 1. The van der Waals surface area contributed by atoms with Crippen molar-refractivity contribution in [3.05, 3.63) is 60.2 Å². The van der Waals surface area contributed by atoms with Crippen LogP contribution < -0.4 is 10.1 Å². The maximum Gasteiger partial charge on any atom is 0.255 e. The van der Waals surface area contributed by atoms with Crippen LogP contribution >= 0.6 is 0 Å². The molecule has 0 aliphatic heterocycles. The van der Waals surface area contributed by atoms with Crippen molar-refractivity contribution in [2.24, 2.45) is 5.41 Å². The molecule has 4 nitrogen and oxygen atoms in total. The van der Waals surface area contributed by atoms with Gasteiger partial charge in [-0.1, -0.05) is 44.2 Å². The first-order valence-electron chi connectivity index (χ1n) is 8.12. The molecule has 0 heterocycles. The highest BCUT2D eigenvalue weighted by Gasteiger charge is 2.21. The van der Waals surface area contributed by atoms with Crippen LogP contribution in [0.25, 0.3) is 0 Å². The molecule has 2 aromatic carbocycles. The Bertz CT molecular complexity index is 666. The summed E-state index contributed by atoms with van der Waals surface area (Å²) in [4.78, 5) is 14.7. The Morgan fingerprint density at radius 3 is 2.33 bits per heavy atom. The van der Waals surface area contributed by atoms with Crippen molar-refractivity contribution in [2.75, 3.05) is 27.2 Å². The highest BCUT2D eigenvalue weighted by Crippen LogP contribution is 2.25.